The number of ether oxygens (including phenoxy) is 1. The molecule has 1 heterocycles. The maximum absolute atomic E-state index is 12.4. The molecule has 2 aromatic rings. The lowest BCUT2D eigenvalue weighted by atomic mass is 10.2. The van der Waals surface area contributed by atoms with Crippen LogP contribution in [0.4, 0.5) is 24.7 Å². The van der Waals surface area contributed by atoms with Crippen LogP contribution in [-0.4, -0.2) is 27.0 Å². The summed E-state index contributed by atoms with van der Waals surface area (Å²) in [6.07, 6.45) is -4.49. The van der Waals surface area contributed by atoms with E-state index in [4.69, 9.17) is 0 Å². The van der Waals surface area contributed by atoms with Crippen molar-refractivity contribution < 1.29 is 27.6 Å². The van der Waals surface area contributed by atoms with Crippen molar-refractivity contribution in [1.29, 1.82) is 0 Å². The number of nitrogens with one attached hydrogen (secondary N) is 1. The monoisotopic (exact) mass is 372 g/mol. The Bertz CT molecular complexity index is 802. The second kappa shape index (κ2) is 7.42. The molecule has 0 fully saturated rings. The summed E-state index contributed by atoms with van der Waals surface area (Å²) in [6, 6.07) is 5.07. The highest BCUT2D eigenvalue weighted by Gasteiger charge is 2.31. The molecule has 2 rings (SSSR count). The van der Waals surface area contributed by atoms with Gasteiger partial charge in [-0.1, -0.05) is 6.92 Å². The molecule has 1 aromatic carbocycles. The number of aromatic nitrogens is 2. The second-order valence-electron chi connectivity index (χ2n) is 5.33. The molecule has 0 radical (unpaired) electrons. The SMILES string of the molecule is CCC(C(=O)Nc1ccc(OC(F)(F)F)cc1)n1nc([N+](=O)[O-])cc1C. The largest absolute Gasteiger partial charge is 0.573 e. The number of alkyl halides is 3. The van der Waals surface area contributed by atoms with Crippen molar-refractivity contribution in [2.75, 3.05) is 5.32 Å². The molecule has 0 aliphatic rings. The Kier molecular flexibility index (Phi) is 5.48. The van der Waals surface area contributed by atoms with Crippen molar-refractivity contribution in [3.05, 3.63) is 46.1 Å². The first-order valence-electron chi connectivity index (χ1n) is 7.48. The van der Waals surface area contributed by atoms with Crippen LogP contribution in [0.1, 0.15) is 25.1 Å². The van der Waals surface area contributed by atoms with E-state index in [0.29, 0.717) is 12.1 Å². The van der Waals surface area contributed by atoms with E-state index in [1.54, 1.807) is 13.8 Å². The maximum atomic E-state index is 12.4. The number of nitro groups is 1. The summed E-state index contributed by atoms with van der Waals surface area (Å²) >= 11 is 0. The number of benzene rings is 1. The van der Waals surface area contributed by atoms with E-state index in [1.807, 2.05) is 0 Å². The molecule has 0 bridgehead atoms. The molecule has 0 aliphatic heterocycles. The van der Waals surface area contributed by atoms with Gasteiger partial charge in [-0.05, 0) is 42.5 Å². The molecule has 140 valence electrons. The number of hydrogen-bond donors (Lipinski definition) is 1. The minimum absolute atomic E-state index is 0.252. The number of aryl methyl sites for hydroxylation is 1. The fourth-order valence-electron chi connectivity index (χ4n) is 2.31. The number of carbonyl (C=O) groups is 1. The smallest absolute Gasteiger partial charge is 0.406 e. The van der Waals surface area contributed by atoms with E-state index < -0.39 is 29.0 Å². The highest BCUT2D eigenvalue weighted by molar-refractivity contribution is 5.93. The zero-order valence-corrected chi connectivity index (χ0v) is 13.8. The third-order valence-electron chi connectivity index (χ3n) is 3.44. The summed E-state index contributed by atoms with van der Waals surface area (Å²) in [5, 5.41) is 17.2. The average molecular weight is 372 g/mol. The molecule has 1 N–H and O–H groups in total. The molecule has 1 atom stereocenters. The quantitative estimate of drug-likeness (QED) is 0.617. The molecule has 0 spiro atoms. The van der Waals surface area contributed by atoms with Gasteiger partial charge in [0.25, 0.3) is 5.91 Å². The van der Waals surface area contributed by atoms with Crippen LogP contribution in [0.5, 0.6) is 5.75 Å². The van der Waals surface area contributed by atoms with Gasteiger partial charge in [-0.25, -0.2) is 0 Å². The Morgan fingerprint density at radius 2 is 2.00 bits per heavy atom. The van der Waals surface area contributed by atoms with Gasteiger partial charge in [0.2, 0.25) is 0 Å². The lowest BCUT2D eigenvalue weighted by Gasteiger charge is -2.15. The summed E-state index contributed by atoms with van der Waals surface area (Å²) in [7, 11) is 0. The van der Waals surface area contributed by atoms with Crippen LogP contribution in [0.2, 0.25) is 0 Å². The van der Waals surface area contributed by atoms with E-state index in [1.165, 1.54) is 22.9 Å². The molecule has 1 unspecified atom stereocenters. The molecule has 8 nitrogen and oxygen atoms in total. The molecule has 26 heavy (non-hydrogen) atoms. The Labute approximate surface area is 145 Å². The number of halogens is 3. The third-order valence-corrected chi connectivity index (χ3v) is 3.44. The predicted molar refractivity (Wildman–Crippen MR) is 84.7 cm³/mol. The van der Waals surface area contributed by atoms with Crippen LogP contribution in [0.25, 0.3) is 0 Å². The normalized spacial score (nSPS) is 12.5. The van der Waals surface area contributed by atoms with Crippen LogP contribution in [0.3, 0.4) is 0 Å². The third kappa shape index (κ3) is 4.71. The lowest BCUT2D eigenvalue weighted by molar-refractivity contribution is -0.389. The molecule has 11 heteroatoms. The molecular formula is C15H15F3N4O4. The molecule has 0 aliphatic carbocycles. The molecule has 0 saturated carbocycles. The van der Waals surface area contributed by atoms with Crippen molar-refractivity contribution in [1.82, 2.24) is 9.78 Å². The zero-order chi connectivity index (χ0) is 19.5. The fourth-order valence-corrected chi connectivity index (χ4v) is 2.31. The number of rotatable bonds is 6. The van der Waals surface area contributed by atoms with Crippen molar-refractivity contribution in [2.24, 2.45) is 0 Å². The minimum atomic E-state index is -4.80. The van der Waals surface area contributed by atoms with Gasteiger partial charge in [-0.3, -0.25) is 4.79 Å². The summed E-state index contributed by atoms with van der Waals surface area (Å²) in [5.74, 6) is -1.29. The van der Waals surface area contributed by atoms with E-state index >= 15 is 0 Å². The summed E-state index contributed by atoms with van der Waals surface area (Å²) < 4.78 is 41.4. The van der Waals surface area contributed by atoms with Crippen molar-refractivity contribution in [3.63, 3.8) is 0 Å². The van der Waals surface area contributed by atoms with Crippen molar-refractivity contribution >= 4 is 17.4 Å². The molecule has 1 aromatic heterocycles. The van der Waals surface area contributed by atoms with Gasteiger partial charge in [0.15, 0.2) is 6.04 Å². The Balaban J connectivity index is 2.13. The summed E-state index contributed by atoms with van der Waals surface area (Å²) in [4.78, 5) is 22.6. The lowest BCUT2D eigenvalue weighted by Crippen LogP contribution is -2.27. The average Bonchev–Trinajstić information content (AvgIpc) is 2.91. The first kappa shape index (κ1) is 19.2. The highest BCUT2D eigenvalue weighted by Crippen LogP contribution is 2.25. The molecule has 0 saturated heterocycles. The highest BCUT2D eigenvalue weighted by atomic mass is 19.4. The first-order valence-corrected chi connectivity index (χ1v) is 7.48. The van der Waals surface area contributed by atoms with Crippen LogP contribution in [0, 0.1) is 17.0 Å². The van der Waals surface area contributed by atoms with Crippen molar-refractivity contribution in [2.45, 2.75) is 32.7 Å². The van der Waals surface area contributed by atoms with E-state index in [0.717, 1.165) is 12.1 Å². The summed E-state index contributed by atoms with van der Waals surface area (Å²) in [5.41, 5.74) is 0.690. The van der Waals surface area contributed by atoms with Gasteiger partial charge in [-0.2, -0.15) is 4.68 Å². The van der Waals surface area contributed by atoms with Crippen LogP contribution < -0.4 is 10.1 Å². The molecular weight excluding hydrogens is 357 g/mol. The van der Waals surface area contributed by atoms with Crippen molar-refractivity contribution in [3.8, 4) is 5.75 Å². The first-order chi connectivity index (χ1) is 12.1. The van der Waals surface area contributed by atoms with Gasteiger partial charge in [-0.15, -0.1) is 13.2 Å². The van der Waals surface area contributed by atoms with Gasteiger partial charge in [0, 0.05) is 5.69 Å². The van der Waals surface area contributed by atoms with E-state index in [-0.39, 0.29) is 11.5 Å². The number of amides is 1. The standard InChI is InChI=1S/C15H15F3N4O4/c1-3-12(21-9(2)8-13(20-21)22(24)25)14(23)19-10-4-6-11(7-5-10)26-15(16,17)18/h4-8,12H,3H2,1-2H3,(H,19,23). The molecule has 1 amide bonds. The van der Waals surface area contributed by atoms with Gasteiger partial charge < -0.3 is 20.2 Å². The van der Waals surface area contributed by atoms with E-state index in [2.05, 4.69) is 15.2 Å². The Morgan fingerprint density at radius 1 is 1.38 bits per heavy atom. The zero-order valence-electron chi connectivity index (χ0n) is 13.8. The van der Waals surface area contributed by atoms with Gasteiger partial charge in [0.05, 0.1) is 16.9 Å². The van der Waals surface area contributed by atoms with Crippen LogP contribution in [0.15, 0.2) is 30.3 Å². The minimum Gasteiger partial charge on any atom is -0.406 e. The topological polar surface area (TPSA) is 99.3 Å². The van der Waals surface area contributed by atoms with Crippen LogP contribution >= 0.6 is 0 Å². The second-order valence-corrected chi connectivity index (χ2v) is 5.33. The Morgan fingerprint density at radius 3 is 2.46 bits per heavy atom. The Hall–Kier alpha value is -3.11. The number of carbonyl (C=O) groups excluding carboxylic acids is 1. The number of anilines is 1. The van der Waals surface area contributed by atoms with E-state index in [9.17, 15) is 28.1 Å². The number of hydrogen-bond acceptors (Lipinski definition) is 5. The number of nitrogens with zero attached hydrogens (tertiary/aromatic N) is 3. The summed E-state index contributed by atoms with van der Waals surface area (Å²) in [6.45, 7) is 3.29. The van der Waals surface area contributed by atoms with Gasteiger partial charge >= 0.3 is 12.2 Å². The predicted octanol–water partition coefficient (Wildman–Crippen LogP) is 3.59. The van der Waals surface area contributed by atoms with Crippen LogP contribution in [-0.2, 0) is 4.79 Å². The van der Waals surface area contributed by atoms with Gasteiger partial charge in [0.1, 0.15) is 5.75 Å². The maximum Gasteiger partial charge on any atom is 0.573 e. The fraction of sp³-hybridized carbons (Fsp3) is 0.333.